The van der Waals surface area contributed by atoms with Gasteiger partial charge in [0.05, 0.1) is 5.69 Å². The predicted octanol–water partition coefficient (Wildman–Crippen LogP) is 5.45. The third-order valence-electron chi connectivity index (χ3n) is 4.91. The molecule has 0 aliphatic heterocycles. The van der Waals surface area contributed by atoms with E-state index in [0.29, 0.717) is 11.3 Å². The van der Waals surface area contributed by atoms with Crippen LogP contribution in [0, 0.1) is 0 Å². The van der Waals surface area contributed by atoms with Crippen LogP contribution in [0.2, 0.25) is 0 Å². The summed E-state index contributed by atoms with van der Waals surface area (Å²) in [6, 6.07) is 25.0. The molecule has 0 radical (unpaired) electrons. The number of hydrogen-bond acceptors (Lipinski definition) is 2. The van der Waals surface area contributed by atoms with E-state index in [1.54, 1.807) is 18.2 Å². The molecule has 0 fully saturated rings. The first kappa shape index (κ1) is 14.7. The Kier molecular flexibility index (Phi) is 3.09. The van der Waals surface area contributed by atoms with E-state index < -0.39 is 0 Å². The topological polar surface area (TPSA) is 49.3 Å². The maximum Gasteiger partial charge on any atom is 0.255 e. The number of phenols is 1. The molecule has 0 aromatic heterocycles. The molecule has 5 rings (SSSR count). The van der Waals surface area contributed by atoms with Crippen LogP contribution in [0.5, 0.6) is 5.75 Å². The number of nitrogens with one attached hydrogen (secondary N) is 1. The van der Waals surface area contributed by atoms with E-state index in [1.165, 1.54) is 10.8 Å². The van der Waals surface area contributed by atoms with Crippen LogP contribution in [-0.2, 0) is 0 Å². The van der Waals surface area contributed by atoms with Gasteiger partial charge in [0.15, 0.2) is 0 Å². The molecule has 0 heterocycles. The molecule has 0 unspecified atom stereocenters. The molecule has 3 nitrogen and oxygen atoms in total. The molecule has 26 heavy (non-hydrogen) atoms. The second kappa shape index (κ2) is 5.46. The molecule has 2 N–H and O–H groups in total. The first-order valence-corrected chi connectivity index (χ1v) is 8.48. The maximum atomic E-state index is 12.5. The van der Waals surface area contributed by atoms with Gasteiger partial charge in [-0.1, -0.05) is 54.6 Å². The molecule has 0 bridgehead atoms. The number of phenolic OH excluding ortho intramolecular Hbond substituents is 1. The van der Waals surface area contributed by atoms with E-state index in [1.807, 2.05) is 36.4 Å². The van der Waals surface area contributed by atoms with E-state index in [2.05, 4.69) is 29.6 Å². The van der Waals surface area contributed by atoms with Crippen LogP contribution >= 0.6 is 0 Å². The second-order valence-corrected chi connectivity index (χ2v) is 6.44. The minimum Gasteiger partial charge on any atom is -0.506 e. The highest BCUT2D eigenvalue weighted by Crippen LogP contribution is 2.49. The standard InChI is InChI=1S/C23H15NO2/c25-21-13-19-17-11-5-9-14-8-4-10-16(22(14)17)18(19)12-20(21)24-23(26)15-6-2-1-3-7-15/h1-13,25H,(H,24,26). The zero-order valence-electron chi connectivity index (χ0n) is 13.9. The van der Waals surface area contributed by atoms with Crippen molar-refractivity contribution >= 4 is 22.4 Å². The Bertz CT molecular complexity index is 1170. The number of aromatic hydroxyl groups is 1. The number of amides is 1. The lowest BCUT2D eigenvalue weighted by Gasteiger charge is -2.11. The average Bonchev–Trinajstić information content (AvgIpc) is 2.98. The van der Waals surface area contributed by atoms with Crippen molar-refractivity contribution in [1.82, 2.24) is 0 Å². The molecule has 0 spiro atoms. The summed E-state index contributed by atoms with van der Waals surface area (Å²) in [6.07, 6.45) is 0. The van der Waals surface area contributed by atoms with Crippen LogP contribution in [0.25, 0.3) is 33.0 Å². The SMILES string of the molecule is O=C(Nc1cc2c(cc1O)-c1cccc3cccc-2c13)c1ccccc1. The van der Waals surface area contributed by atoms with Gasteiger partial charge in [-0.2, -0.15) is 0 Å². The number of carbonyl (C=O) groups is 1. The minimum atomic E-state index is -0.241. The fourth-order valence-corrected chi connectivity index (χ4v) is 3.71. The highest BCUT2D eigenvalue weighted by Gasteiger charge is 2.23. The van der Waals surface area contributed by atoms with Crippen molar-refractivity contribution in [1.29, 1.82) is 0 Å². The van der Waals surface area contributed by atoms with E-state index in [0.717, 1.165) is 22.3 Å². The smallest absolute Gasteiger partial charge is 0.255 e. The number of benzene rings is 4. The van der Waals surface area contributed by atoms with Crippen molar-refractivity contribution in [2.45, 2.75) is 0 Å². The summed E-state index contributed by atoms with van der Waals surface area (Å²) in [5, 5.41) is 15.7. The summed E-state index contributed by atoms with van der Waals surface area (Å²) in [4.78, 5) is 12.5. The van der Waals surface area contributed by atoms with Crippen LogP contribution < -0.4 is 5.32 Å². The lowest BCUT2D eigenvalue weighted by Crippen LogP contribution is -2.11. The van der Waals surface area contributed by atoms with Crippen molar-refractivity contribution in [3.05, 3.63) is 84.4 Å². The van der Waals surface area contributed by atoms with Gasteiger partial charge >= 0.3 is 0 Å². The third kappa shape index (κ3) is 2.11. The molecule has 1 aliphatic rings. The van der Waals surface area contributed by atoms with E-state index in [-0.39, 0.29) is 11.7 Å². The molecule has 4 aromatic carbocycles. The number of rotatable bonds is 2. The Balaban J connectivity index is 1.63. The Hall–Kier alpha value is -3.59. The molecule has 3 heteroatoms. The van der Waals surface area contributed by atoms with Crippen molar-refractivity contribution in [2.75, 3.05) is 5.32 Å². The van der Waals surface area contributed by atoms with Crippen LogP contribution in [0.1, 0.15) is 10.4 Å². The number of carbonyl (C=O) groups excluding carboxylic acids is 1. The Morgan fingerprint density at radius 2 is 1.38 bits per heavy atom. The van der Waals surface area contributed by atoms with Gasteiger partial charge < -0.3 is 10.4 Å². The highest BCUT2D eigenvalue weighted by molar-refractivity contribution is 6.16. The van der Waals surface area contributed by atoms with Gasteiger partial charge in [0, 0.05) is 5.56 Å². The lowest BCUT2D eigenvalue weighted by atomic mass is 10.0. The lowest BCUT2D eigenvalue weighted by molar-refractivity contribution is 0.102. The molecule has 0 saturated carbocycles. The van der Waals surface area contributed by atoms with E-state index in [4.69, 9.17) is 0 Å². The first-order chi connectivity index (χ1) is 12.7. The van der Waals surface area contributed by atoms with Crippen molar-refractivity contribution in [2.24, 2.45) is 0 Å². The maximum absolute atomic E-state index is 12.5. The minimum absolute atomic E-state index is 0.0674. The summed E-state index contributed by atoms with van der Waals surface area (Å²) in [6.45, 7) is 0. The van der Waals surface area contributed by atoms with Gasteiger partial charge in [-0.15, -0.1) is 0 Å². The zero-order chi connectivity index (χ0) is 17.7. The predicted molar refractivity (Wildman–Crippen MR) is 104 cm³/mol. The number of anilines is 1. The summed E-state index contributed by atoms with van der Waals surface area (Å²) in [5.74, 6) is -0.174. The van der Waals surface area contributed by atoms with Crippen molar-refractivity contribution in [3.8, 4) is 28.0 Å². The Morgan fingerprint density at radius 3 is 2.08 bits per heavy atom. The van der Waals surface area contributed by atoms with Gasteiger partial charge in [-0.05, 0) is 57.3 Å². The average molecular weight is 337 g/mol. The fraction of sp³-hybridized carbons (Fsp3) is 0. The molecule has 1 amide bonds. The van der Waals surface area contributed by atoms with E-state index >= 15 is 0 Å². The van der Waals surface area contributed by atoms with Gasteiger partial charge in [-0.25, -0.2) is 0 Å². The highest BCUT2D eigenvalue weighted by atomic mass is 16.3. The Labute approximate surface area is 150 Å². The first-order valence-electron chi connectivity index (χ1n) is 8.48. The van der Waals surface area contributed by atoms with Crippen LogP contribution in [-0.4, -0.2) is 11.0 Å². The molecule has 124 valence electrons. The zero-order valence-corrected chi connectivity index (χ0v) is 13.9. The van der Waals surface area contributed by atoms with Gasteiger partial charge in [-0.3, -0.25) is 4.79 Å². The Morgan fingerprint density at radius 1 is 0.731 bits per heavy atom. The summed E-state index contributed by atoms with van der Waals surface area (Å²) in [5.41, 5.74) is 5.23. The normalized spacial score (nSPS) is 11.4. The molecule has 0 atom stereocenters. The quantitative estimate of drug-likeness (QED) is 0.421. The molecular formula is C23H15NO2. The largest absolute Gasteiger partial charge is 0.506 e. The summed E-state index contributed by atoms with van der Waals surface area (Å²) in [7, 11) is 0. The summed E-state index contributed by atoms with van der Waals surface area (Å²) >= 11 is 0. The molecule has 4 aromatic rings. The van der Waals surface area contributed by atoms with Gasteiger partial charge in [0.2, 0.25) is 0 Å². The number of hydrogen-bond donors (Lipinski definition) is 2. The molecule has 1 aliphatic carbocycles. The molecular weight excluding hydrogens is 322 g/mol. The van der Waals surface area contributed by atoms with Crippen LogP contribution in [0.3, 0.4) is 0 Å². The van der Waals surface area contributed by atoms with E-state index in [9.17, 15) is 9.90 Å². The summed E-state index contributed by atoms with van der Waals surface area (Å²) < 4.78 is 0. The van der Waals surface area contributed by atoms with Crippen molar-refractivity contribution in [3.63, 3.8) is 0 Å². The van der Waals surface area contributed by atoms with Crippen molar-refractivity contribution < 1.29 is 9.90 Å². The third-order valence-corrected chi connectivity index (χ3v) is 4.91. The fourth-order valence-electron chi connectivity index (χ4n) is 3.71. The number of fused-ring (bicyclic) bond motifs is 3. The monoisotopic (exact) mass is 337 g/mol. The van der Waals surface area contributed by atoms with Crippen LogP contribution in [0.15, 0.2) is 78.9 Å². The van der Waals surface area contributed by atoms with Gasteiger partial charge in [0.25, 0.3) is 5.91 Å². The van der Waals surface area contributed by atoms with Gasteiger partial charge in [0.1, 0.15) is 5.75 Å². The van der Waals surface area contributed by atoms with Crippen LogP contribution in [0.4, 0.5) is 5.69 Å². The molecule has 0 saturated heterocycles. The second-order valence-electron chi connectivity index (χ2n) is 6.44.